The van der Waals surface area contributed by atoms with Crippen molar-refractivity contribution < 1.29 is 32.6 Å². The molecule has 0 aliphatic rings. The molecule has 0 bridgehead atoms. The zero-order chi connectivity index (χ0) is 16.9. The van der Waals surface area contributed by atoms with Gasteiger partial charge in [-0.3, -0.25) is 4.79 Å². The van der Waals surface area contributed by atoms with Crippen molar-refractivity contribution >= 4 is 22.0 Å². The lowest BCUT2D eigenvalue weighted by Gasteiger charge is -2.17. The van der Waals surface area contributed by atoms with Gasteiger partial charge in [0.2, 0.25) is 10.0 Å². The molecule has 1 rings (SSSR count). The van der Waals surface area contributed by atoms with Crippen LogP contribution in [0.15, 0.2) is 23.1 Å². The molecule has 1 N–H and O–H groups in total. The number of sulfonamides is 1. The molecule has 1 aromatic carbocycles. The van der Waals surface area contributed by atoms with Crippen LogP contribution in [0.4, 0.5) is 0 Å². The lowest BCUT2D eigenvalue weighted by atomic mass is 10.2. The van der Waals surface area contributed by atoms with Gasteiger partial charge in [0.1, 0.15) is 17.2 Å². The number of rotatable bonds is 7. The predicted molar refractivity (Wildman–Crippen MR) is 76.4 cm³/mol. The van der Waals surface area contributed by atoms with Gasteiger partial charge in [-0.1, -0.05) is 0 Å². The van der Waals surface area contributed by atoms with E-state index in [2.05, 4.69) is 0 Å². The van der Waals surface area contributed by atoms with Crippen LogP contribution in [0.25, 0.3) is 0 Å². The molecule has 0 aliphatic carbocycles. The molecule has 22 heavy (non-hydrogen) atoms. The van der Waals surface area contributed by atoms with Crippen LogP contribution >= 0.6 is 0 Å². The maximum absolute atomic E-state index is 12.4. The van der Waals surface area contributed by atoms with Crippen molar-refractivity contribution in [3.8, 4) is 5.75 Å². The molecule has 0 amide bonds. The molecule has 0 aromatic heterocycles. The highest BCUT2D eigenvalue weighted by Gasteiger charge is 2.27. The molecule has 0 saturated carbocycles. The Hall–Kier alpha value is -2.13. The number of likely N-dealkylation sites (N-methyl/N-ethyl adjacent to an activating group) is 1. The van der Waals surface area contributed by atoms with Gasteiger partial charge in [-0.2, -0.15) is 4.31 Å². The zero-order valence-corrected chi connectivity index (χ0v) is 13.2. The summed E-state index contributed by atoms with van der Waals surface area (Å²) in [5.41, 5.74) is 0.0324. The third-order valence-corrected chi connectivity index (χ3v) is 4.55. The lowest BCUT2D eigenvalue weighted by Crippen LogP contribution is -2.32. The third kappa shape index (κ3) is 3.95. The van der Waals surface area contributed by atoms with E-state index in [9.17, 15) is 18.0 Å². The first-order chi connectivity index (χ1) is 10.2. The number of esters is 1. The molecular formula is C13H17NO7S. The van der Waals surface area contributed by atoms with Crippen LogP contribution < -0.4 is 4.74 Å². The first-order valence-electron chi connectivity index (χ1n) is 6.27. The smallest absolute Gasteiger partial charge is 0.338 e. The minimum Gasteiger partial charge on any atom is -0.495 e. The lowest BCUT2D eigenvalue weighted by molar-refractivity contribution is -0.137. The molecule has 0 unspecified atom stereocenters. The molecule has 8 nitrogen and oxygen atoms in total. The SMILES string of the molecule is CCOC(=O)c1ccc(OC)c(S(=O)(=O)N(C)CC(=O)O)c1. The van der Waals surface area contributed by atoms with Crippen LogP contribution in [-0.4, -0.2) is 57.1 Å². The van der Waals surface area contributed by atoms with E-state index in [1.54, 1.807) is 6.92 Å². The van der Waals surface area contributed by atoms with Crippen LogP contribution in [-0.2, 0) is 19.6 Å². The van der Waals surface area contributed by atoms with Crippen molar-refractivity contribution in [2.24, 2.45) is 0 Å². The number of carboxylic acid groups (broad SMARTS) is 1. The summed E-state index contributed by atoms with van der Waals surface area (Å²) in [6.07, 6.45) is 0. The zero-order valence-electron chi connectivity index (χ0n) is 12.4. The van der Waals surface area contributed by atoms with E-state index in [1.165, 1.54) is 19.2 Å². The van der Waals surface area contributed by atoms with E-state index in [4.69, 9.17) is 14.6 Å². The van der Waals surface area contributed by atoms with Crippen molar-refractivity contribution in [3.63, 3.8) is 0 Å². The van der Waals surface area contributed by atoms with Crippen LogP contribution in [0, 0.1) is 0 Å². The van der Waals surface area contributed by atoms with Gasteiger partial charge in [-0.25, -0.2) is 13.2 Å². The second kappa shape index (κ2) is 7.23. The monoisotopic (exact) mass is 331 g/mol. The van der Waals surface area contributed by atoms with Crippen LogP contribution in [0.3, 0.4) is 0 Å². The van der Waals surface area contributed by atoms with Gasteiger partial charge in [0.05, 0.1) is 19.3 Å². The highest BCUT2D eigenvalue weighted by Crippen LogP contribution is 2.27. The molecule has 9 heteroatoms. The van der Waals surface area contributed by atoms with Crippen molar-refractivity contribution in [2.45, 2.75) is 11.8 Å². The summed E-state index contributed by atoms with van der Waals surface area (Å²) >= 11 is 0. The van der Waals surface area contributed by atoms with Crippen molar-refractivity contribution in [1.82, 2.24) is 4.31 Å². The molecule has 0 saturated heterocycles. The number of carboxylic acids is 1. The fourth-order valence-electron chi connectivity index (χ4n) is 1.66. The van der Waals surface area contributed by atoms with E-state index in [-0.39, 0.29) is 22.8 Å². The standard InChI is InChI=1S/C13H17NO7S/c1-4-21-13(17)9-5-6-10(20-3)11(7-9)22(18,19)14(2)8-12(15)16/h5-7H,4,8H2,1-3H3,(H,15,16). The van der Waals surface area contributed by atoms with Crippen LogP contribution in [0.5, 0.6) is 5.75 Å². The number of carbonyl (C=O) groups excluding carboxylic acids is 1. The van der Waals surface area contributed by atoms with E-state index in [1.807, 2.05) is 0 Å². The fraction of sp³-hybridized carbons (Fsp3) is 0.385. The highest BCUT2D eigenvalue weighted by molar-refractivity contribution is 7.89. The van der Waals surface area contributed by atoms with Gasteiger partial charge in [-0.05, 0) is 25.1 Å². The molecule has 0 atom stereocenters. The Morgan fingerprint density at radius 2 is 1.95 bits per heavy atom. The summed E-state index contributed by atoms with van der Waals surface area (Å²) in [4.78, 5) is 22.1. The van der Waals surface area contributed by atoms with Gasteiger partial charge in [-0.15, -0.1) is 0 Å². The van der Waals surface area contributed by atoms with E-state index < -0.39 is 28.5 Å². The minimum absolute atomic E-state index is 0.00490. The fourth-order valence-corrected chi connectivity index (χ4v) is 2.96. The number of hydrogen-bond donors (Lipinski definition) is 1. The quantitative estimate of drug-likeness (QED) is 0.727. The van der Waals surface area contributed by atoms with E-state index >= 15 is 0 Å². The molecule has 0 spiro atoms. The van der Waals surface area contributed by atoms with Gasteiger partial charge in [0.25, 0.3) is 0 Å². The maximum atomic E-state index is 12.4. The molecule has 122 valence electrons. The first kappa shape index (κ1) is 17.9. The first-order valence-corrected chi connectivity index (χ1v) is 7.71. The molecule has 0 heterocycles. The average Bonchev–Trinajstić information content (AvgIpc) is 2.46. The minimum atomic E-state index is -4.13. The molecule has 1 aromatic rings. The summed E-state index contributed by atoms with van der Waals surface area (Å²) in [5.74, 6) is -1.97. The number of hydrogen-bond acceptors (Lipinski definition) is 6. The van der Waals surface area contributed by atoms with Crippen molar-refractivity contribution in [1.29, 1.82) is 0 Å². The van der Waals surface area contributed by atoms with Gasteiger partial charge in [0, 0.05) is 7.05 Å². The maximum Gasteiger partial charge on any atom is 0.338 e. The van der Waals surface area contributed by atoms with Gasteiger partial charge < -0.3 is 14.6 Å². The van der Waals surface area contributed by atoms with Crippen LogP contribution in [0.1, 0.15) is 17.3 Å². The third-order valence-electron chi connectivity index (χ3n) is 2.72. The summed E-state index contributed by atoms with van der Waals surface area (Å²) in [6, 6.07) is 3.78. The number of nitrogens with zero attached hydrogens (tertiary/aromatic N) is 1. The van der Waals surface area contributed by atoms with E-state index in [0.29, 0.717) is 4.31 Å². The Bertz CT molecular complexity index is 669. The second-order valence-electron chi connectivity index (χ2n) is 4.24. The van der Waals surface area contributed by atoms with Crippen LogP contribution in [0.2, 0.25) is 0 Å². The number of benzene rings is 1. The topological polar surface area (TPSA) is 110 Å². The molecule has 0 aliphatic heterocycles. The van der Waals surface area contributed by atoms with Crippen molar-refractivity contribution in [3.05, 3.63) is 23.8 Å². The number of methoxy groups -OCH3 is 1. The Morgan fingerprint density at radius 1 is 1.32 bits per heavy atom. The normalized spacial score (nSPS) is 11.3. The summed E-state index contributed by atoms with van der Waals surface area (Å²) in [6.45, 7) is 1.06. The summed E-state index contributed by atoms with van der Waals surface area (Å²) in [7, 11) is -1.73. The Labute approximate surface area is 128 Å². The number of ether oxygens (including phenoxy) is 2. The van der Waals surface area contributed by atoms with Gasteiger partial charge in [0.15, 0.2) is 0 Å². The largest absolute Gasteiger partial charge is 0.495 e. The highest BCUT2D eigenvalue weighted by atomic mass is 32.2. The number of carbonyl (C=O) groups is 2. The number of aliphatic carboxylic acids is 1. The summed E-state index contributed by atoms with van der Waals surface area (Å²) < 4.78 is 35.3. The van der Waals surface area contributed by atoms with Gasteiger partial charge >= 0.3 is 11.9 Å². The Balaban J connectivity index is 3.34. The second-order valence-corrected chi connectivity index (χ2v) is 6.25. The van der Waals surface area contributed by atoms with E-state index in [0.717, 1.165) is 13.1 Å². The Morgan fingerprint density at radius 3 is 2.45 bits per heavy atom. The molecule has 0 fully saturated rings. The molecular weight excluding hydrogens is 314 g/mol. The predicted octanol–water partition coefficient (Wildman–Crippen LogP) is 0.577. The average molecular weight is 331 g/mol. The molecule has 0 radical (unpaired) electrons. The van der Waals surface area contributed by atoms with Crippen molar-refractivity contribution in [2.75, 3.05) is 27.3 Å². The summed E-state index contributed by atoms with van der Waals surface area (Å²) in [5, 5.41) is 8.72. The Kier molecular flexibility index (Phi) is 5.89.